The zero-order chi connectivity index (χ0) is 18.7. The van der Waals surface area contributed by atoms with Gasteiger partial charge in [0.2, 0.25) is 27.1 Å². The number of carbonyl (C=O) groups excluding carboxylic acids is 1. The highest BCUT2D eigenvalue weighted by molar-refractivity contribution is 7.91. The van der Waals surface area contributed by atoms with Gasteiger partial charge in [-0.25, -0.2) is 8.42 Å². The molecule has 3 aromatic rings. The van der Waals surface area contributed by atoms with Crippen LogP contribution in [0.4, 0.5) is 5.13 Å². The second kappa shape index (κ2) is 7.57. The molecule has 0 spiro atoms. The summed E-state index contributed by atoms with van der Waals surface area (Å²) in [6, 6.07) is 3.70. The van der Waals surface area contributed by atoms with Gasteiger partial charge in [0.1, 0.15) is 0 Å². The standard InChI is InChI=1S/C13H14N6O4S3/c1-3-9(20)14-12-16-17-13(25-12)26(21,22)19(2)7-10-15-11(18-23-10)8-5-4-6-24-8/h4-6H,3,7H2,1-2H3,(H,14,16,20). The van der Waals surface area contributed by atoms with E-state index in [-0.39, 0.29) is 34.2 Å². The summed E-state index contributed by atoms with van der Waals surface area (Å²) in [6.07, 6.45) is 0.255. The molecule has 3 heterocycles. The number of carbonyl (C=O) groups is 1. The van der Waals surface area contributed by atoms with Crippen LogP contribution in [0.2, 0.25) is 0 Å². The largest absolute Gasteiger partial charge is 0.337 e. The predicted octanol–water partition coefficient (Wildman–Crippen LogP) is 1.82. The van der Waals surface area contributed by atoms with Crippen LogP contribution < -0.4 is 5.32 Å². The van der Waals surface area contributed by atoms with Crippen molar-refractivity contribution < 1.29 is 17.7 Å². The molecule has 13 heteroatoms. The Morgan fingerprint density at radius 3 is 2.88 bits per heavy atom. The highest BCUT2D eigenvalue weighted by Gasteiger charge is 2.27. The molecule has 1 N–H and O–H groups in total. The molecule has 10 nitrogen and oxygen atoms in total. The number of thiophene rings is 1. The van der Waals surface area contributed by atoms with E-state index in [1.165, 1.54) is 18.4 Å². The van der Waals surface area contributed by atoms with Crippen LogP contribution in [0.3, 0.4) is 0 Å². The van der Waals surface area contributed by atoms with Gasteiger partial charge in [0.25, 0.3) is 10.0 Å². The Hall–Kier alpha value is -2.22. The molecule has 3 rings (SSSR count). The van der Waals surface area contributed by atoms with Crippen LogP contribution in [0.5, 0.6) is 0 Å². The topological polar surface area (TPSA) is 131 Å². The molecule has 0 aromatic carbocycles. The third-order valence-electron chi connectivity index (χ3n) is 3.17. The van der Waals surface area contributed by atoms with Gasteiger partial charge in [-0.05, 0) is 11.4 Å². The first kappa shape index (κ1) is 18.6. The third-order valence-corrected chi connectivity index (χ3v) is 7.03. The molecule has 3 aromatic heterocycles. The molecule has 1 amide bonds. The minimum Gasteiger partial charge on any atom is -0.337 e. The Kier molecular flexibility index (Phi) is 5.41. The first-order valence-electron chi connectivity index (χ1n) is 7.36. The molecule has 0 aliphatic carbocycles. The Bertz CT molecular complexity index is 995. The maximum atomic E-state index is 12.6. The van der Waals surface area contributed by atoms with Crippen LogP contribution in [0.25, 0.3) is 10.7 Å². The lowest BCUT2D eigenvalue weighted by molar-refractivity contribution is -0.115. The highest BCUT2D eigenvalue weighted by atomic mass is 32.2. The van der Waals surface area contributed by atoms with Crippen LogP contribution in [-0.2, 0) is 21.4 Å². The number of amides is 1. The van der Waals surface area contributed by atoms with Gasteiger partial charge >= 0.3 is 0 Å². The second-order valence-electron chi connectivity index (χ2n) is 5.02. The van der Waals surface area contributed by atoms with Gasteiger partial charge < -0.3 is 9.84 Å². The maximum Gasteiger partial charge on any atom is 0.272 e. The fraction of sp³-hybridized carbons (Fsp3) is 0.308. The van der Waals surface area contributed by atoms with E-state index in [1.807, 2.05) is 17.5 Å². The van der Waals surface area contributed by atoms with Gasteiger partial charge in [0.05, 0.1) is 11.4 Å². The Morgan fingerprint density at radius 1 is 1.38 bits per heavy atom. The molecule has 26 heavy (non-hydrogen) atoms. The first-order chi connectivity index (χ1) is 12.4. The molecular formula is C13H14N6O4S3. The van der Waals surface area contributed by atoms with Crippen molar-refractivity contribution in [1.29, 1.82) is 0 Å². The van der Waals surface area contributed by atoms with E-state index in [0.29, 0.717) is 5.82 Å². The molecule has 0 fully saturated rings. The second-order valence-corrected chi connectivity index (χ2v) is 9.17. The van der Waals surface area contributed by atoms with Gasteiger partial charge in [-0.2, -0.15) is 9.29 Å². The fourth-order valence-corrected chi connectivity index (χ4v) is 4.68. The zero-order valence-corrected chi connectivity index (χ0v) is 16.2. The summed E-state index contributed by atoms with van der Waals surface area (Å²) in [5.41, 5.74) is 0. The molecule has 0 saturated heterocycles. The van der Waals surface area contributed by atoms with Gasteiger partial charge in [0.15, 0.2) is 0 Å². The summed E-state index contributed by atoms with van der Waals surface area (Å²) >= 11 is 2.23. The molecule has 0 saturated carbocycles. The van der Waals surface area contributed by atoms with Crippen LogP contribution >= 0.6 is 22.7 Å². The number of hydrogen-bond donors (Lipinski definition) is 1. The third kappa shape index (κ3) is 3.95. The van der Waals surface area contributed by atoms with Crippen molar-refractivity contribution >= 4 is 43.7 Å². The maximum absolute atomic E-state index is 12.6. The summed E-state index contributed by atoms with van der Waals surface area (Å²) in [5.74, 6) is 0.287. The van der Waals surface area contributed by atoms with Crippen molar-refractivity contribution in [2.24, 2.45) is 0 Å². The van der Waals surface area contributed by atoms with Crippen LogP contribution in [0.1, 0.15) is 19.2 Å². The van der Waals surface area contributed by atoms with E-state index < -0.39 is 10.0 Å². The highest BCUT2D eigenvalue weighted by Crippen LogP contribution is 2.25. The van der Waals surface area contributed by atoms with E-state index in [1.54, 1.807) is 6.92 Å². The van der Waals surface area contributed by atoms with Gasteiger partial charge in [-0.1, -0.05) is 29.5 Å². The Balaban J connectivity index is 1.72. The lowest BCUT2D eigenvalue weighted by Crippen LogP contribution is -2.26. The van der Waals surface area contributed by atoms with E-state index in [9.17, 15) is 13.2 Å². The Morgan fingerprint density at radius 2 is 2.19 bits per heavy atom. The van der Waals surface area contributed by atoms with Crippen molar-refractivity contribution in [3.8, 4) is 10.7 Å². The summed E-state index contributed by atoms with van der Waals surface area (Å²) in [7, 11) is -2.53. The monoisotopic (exact) mass is 414 g/mol. The number of aromatic nitrogens is 4. The average Bonchev–Trinajstić information content (AvgIpc) is 3.35. The van der Waals surface area contributed by atoms with Gasteiger partial charge in [-0.15, -0.1) is 21.5 Å². The number of anilines is 1. The number of rotatable bonds is 7. The fourth-order valence-electron chi connectivity index (χ4n) is 1.81. The van der Waals surface area contributed by atoms with Crippen molar-refractivity contribution in [2.75, 3.05) is 12.4 Å². The van der Waals surface area contributed by atoms with Gasteiger partial charge in [-0.3, -0.25) is 4.79 Å². The summed E-state index contributed by atoms with van der Waals surface area (Å²) in [6.45, 7) is 1.56. The molecule has 0 unspecified atom stereocenters. The Labute approximate surface area is 156 Å². The van der Waals surface area contributed by atoms with Crippen molar-refractivity contribution in [3.05, 3.63) is 23.4 Å². The van der Waals surface area contributed by atoms with Crippen molar-refractivity contribution in [1.82, 2.24) is 24.6 Å². The van der Waals surface area contributed by atoms with Crippen LogP contribution in [0.15, 0.2) is 26.4 Å². The predicted molar refractivity (Wildman–Crippen MR) is 95.1 cm³/mol. The number of hydrogen-bond acceptors (Lipinski definition) is 10. The molecule has 0 aliphatic rings. The number of sulfonamides is 1. The molecule has 138 valence electrons. The molecule has 0 bridgehead atoms. The molecular weight excluding hydrogens is 400 g/mol. The van der Waals surface area contributed by atoms with E-state index >= 15 is 0 Å². The van der Waals surface area contributed by atoms with E-state index in [0.717, 1.165) is 20.5 Å². The first-order valence-corrected chi connectivity index (χ1v) is 10.5. The van der Waals surface area contributed by atoms with Crippen molar-refractivity contribution in [3.63, 3.8) is 0 Å². The average molecular weight is 414 g/mol. The molecule has 0 aliphatic heterocycles. The summed E-state index contributed by atoms with van der Waals surface area (Å²) < 4.78 is 31.1. The van der Waals surface area contributed by atoms with Gasteiger partial charge in [0, 0.05) is 13.5 Å². The SMILES string of the molecule is CCC(=O)Nc1nnc(S(=O)(=O)N(C)Cc2nc(-c3cccs3)no2)s1. The number of nitrogens with zero attached hydrogens (tertiary/aromatic N) is 5. The van der Waals surface area contributed by atoms with E-state index in [4.69, 9.17) is 4.52 Å². The minimum atomic E-state index is -3.90. The van der Waals surface area contributed by atoms with Crippen LogP contribution in [0, 0.1) is 0 Å². The van der Waals surface area contributed by atoms with E-state index in [2.05, 4.69) is 25.7 Å². The zero-order valence-electron chi connectivity index (χ0n) is 13.7. The quantitative estimate of drug-likeness (QED) is 0.579. The lowest BCUT2D eigenvalue weighted by Gasteiger charge is -2.11. The minimum absolute atomic E-state index is 0.114. The lowest BCUT2D eigenvalue weighted by atomic mass is 10.4. The van der Waals surface area contributed by atoms with Crippen molar-refractivity contribution in [2.45, 2.75) is 24.2 Å². The summed E-state index contributed by atoms with van der Waals surface area (Å²) in [5, 5.41) is 15.6. The normalized spacial score (nSPS) is 11.8. The summed E-state index contributed by atoms with van der Waals surface area (Å²) in [4.78, 5) is 16.4. The molecule has 0 radical (unpaired) electrons. The smallest absolute Gasteiger partial charge is 0.272 e. The number of nitrogens with one attached hydrogen (secondary N) is 1. The van der Waals surface area contributed by atoms with Crippen LogP contribution in [-0.4, -0.2) is 46.0 Å². The molecule has 0 atom stereocenters.